The van der Waals surface area contributed by atoms with Crippen LogP contribution in [0, 0.1) is 13.8 Å². The Bertz CT molecular complexity index is 415. The number of nitrogens with zero attached hydrogens (tertiary/aromatic N) is 2. The number of piperidine rings is 1. The van der Waals surface area contributed by atoms with Crippen LogP contribution in [0.15, 0.2) is 0 Å². The van der Waals surface area contributed by atoms with Gasteiger partial charge in [0.25, 0.3) is 5.91 Å². The average Bonchev–Trinajstić information content (AvgIpc) is 2.76. The molecule has 0 atom stereocenters. The van der Waals surface area contributed by atoms with Gasteiger partial charge in [-0.15, -0.1) is 0 Å². The smallest absolute Gasteiger partial charge is 0.257 e. The van der Waals surface area contributed by atoms with Crippen LogP contribution in [0.2, 0.25) is 0 Å². The molecule has 5 nitrogen and oxygen atoms in total. The van der Waals surface area contributed by atoms with Gasteiger partial charge in [-0.25, -0.2) is 0 Å². The summed E-state index contributed by atoms with van der Waals surface area (Å²) in [5, 5.41) is 10.4. The minimum Gasteiger partial charge on any atom is -0.335 e. The van der Waals surface area contributed by atoms with E-state index in [0.29, 0.717) is 6.04 Å². The molecule has 0 saturated carbocycles. The summed E-state index contributed by atoms with van der Waals surface area (Å²) in [6, 6.07) is 0.363. The lowest BCUT2D eigenvalue weighted by Crippen LogP contribution is -2.46. The van der Waals surface area contributed by atoms with Gasteiger partial charge < -0.3 is 10.2 Å². The van der Waals surface area contributed by atoms with E-state index in [1.54, 1.807) is 0 Å². The second-order valence-corrected chi connectivity index (χ2v) is 5.29. The highest BCUT2D eigenvalue weighted by Gasteiger charge is 2.28. The molecule has 5 heteroatoms. The van der Waals surface area contributed by atoms with Crippen molar-refractivity contribution in [3.8, 4) is 0 Å². The number of H-pyrrole nitrogens is 1. The molecule has 1 aliphatic heterocycles. The molecule has 19 heavy (non-hydrogen) atoms. The molecule has 1 aromatic heterocycles. The molecule has 0 aromatic carbocycles. The highest BCUT2D eigenvalue weighted by Crippen LogP contribution is 2.19. The first kappa shape index (κ1) is 14.1. The molecule has 1 fully saturated rings. The topological polar surface area (TPSA) is 61.0 Å². The van der Waals surface area contributed by atoms with Gasteiger partial charge in [0.1, 0.15) is 0 Å². The Morgan fingerprint density at radius 2 is 2.05 bits per heavy atom. The molecule has 1 amide bonds. The SMILES string of the molecule is CCCN(C(=O)c1c(C)n[nH]c1C)C1CCNCC1. The Morgan fingerprint density at radius 3 is 2.58 bits per heavy atom. The van der Waals surface area contributed by atoms with Gasteiger partial charge in [-0.2, -0.15) is 5.10 Å². The number of amides is 1. The summed E-state index contributed by atoms with van der Waals surface area (Å²) in [4.78, 5) is 14.8. The molecule has 2 rings (SSSR count). The fourth-order valence-corrected chi connectivity index (χ4v) is 2.82. The Morgan fingerprint density at radius 1 is 1.37 bits per heavy atom. The monoisotopic (exact) mass is 264 g/mol. The molecule has 2 heterocycles. The van der Waals surface area contributed by atoms with E-state index in [1.165, 1.54) is 0 Å². The summed E-state index contributed by atoms with van der Waals surface area (Å²) in [7, 11) is 0. The molecular formula is C14H24N4O. The van der Waals surface area contributed by atoms with Crippen molar-refractivity contribution >= 4 is 5.91 Å². The van der Waals surface area contributed by atoms with E-state index >= 15 is 0 Å². The maximum absolute atomic E-state index is 12.8. The van der Waals surface area contributed by atoms with Crippen LogP contribution in [0.3, 0.4) is 0 Å². The summed E-state index contributed by atoms with van der Waals surface area (Å²) >= 11 is 0. The largest absolute Gasteiger partial charge is 0.335 e. The molecule has 1 aromatic rings. The fraction of sp³-hybridized carbons (Fsp3) is 0.714. The zero-order chi connectivity index (χ0) is 13.8. The molecule has 106 valence electrons. The predicted molar refractivity (Wildman–Crippen MR) is 75.3 cm³/mol. The van der Waals surface area contributed by atoms with Gasteiger partial charge in [-0.05, 0) is 46.2 Å². The molecule has 2 N–H and O–H groups in total. The third-order valence-electron chi connectivity index (χ3n) is 3.82. The Balaban J connectivity index is 2.20. The quantitative estimate of drug-likeness (QED) is 0.869. The molecule has 0 radical (unpaired) electrons. The van der Waals surface area contributed by atoms with Gasteiger partial charge in [-0.3, -0.25) is 9.89 Å². The standard InChI is InChI=1S/C14H24N4O/c1-4-9-18(12-5-7-15-8-6-12)14(19)13-10(2)16-17-11(13)3/h12,15H,4-9H2,1-3H3,(H,16,17). The maximum Gasteiger partial charge on any atom is 0.257 e. The van der Waals surface area contributed by atoms with Crippen LogP contribution in [0.1, 0.15) is 47.9 Å². The minimum absolute atomic E-state index is 0.137. The Kier molecular flexibility index (Phi) is 4.58. The number of aromatic nitrogens is 2. The maximum atomic E-state index is 12.8. The molecule has 0 bridgehead atoms. The molecule has 0 unspecified atom stereocenters. The lowest BCUT2D eigenvalue weighted by atomic mass is 10.0. The summed E-state index contributed by atoms with van der Waals surface area (Å²) in [6.07, 6.45) is 3.08. The molecule has 0 spiro atoms. The van der Waals surface area contributed by atoms with E-state index in [-0.39, 0.29) is 5.91 Å². The van der Waals surface area contributed by atoms with E-state index in [4.69, 9.17) is 0 Å². The normalized spacial score (nSPS) is 16.6. The lowest BCUT2D eigenvalue weighted by Gasteiger charge is -2.34. The number of hydrogen-bond acceptors (Lipinski definition) is 3. The van der Waals surface area contributed by atoms with Crippen molar-refractivity contribution in [3.63, 3.8) is 0 Å². The van der Waals surface area contributed by atoms with Gasteiger partial charge in [-0.1, -0.05) is 6.92 Å². The second-order valence-electron chi connectivity index (χ2n) is 5.29. The zero-order valence-electron chi connectivity index (χ0n) is 12.1. The number of aryl methyl sites for hydroxylation is 2. The van der Waals surface area contributed by atoms with Crippen molar-refractivity contribution in [2.45, 2.75) is 46.1 Å². The predicted octanol–water partition coefficient (Wildman–Crippen LogP) is 1.63. The summed E-state index contributed by atoms with van der Waals surface area (Å²) < 4.78 is 0. The van der Waals surface area contributed by atoms with E-state index in [2.05, 4.69) is 22.4 Å². The second kappa shape index (κ2) is 6.19. The number of rotatable bonds is 4. The number of carbonyl (C=O) groups is 1. The molecule has 0 aliphatic carbocycles. The number of aromatic amines is 1. The van der Waals surface area contributed by atoms with Gasteiger partial charge in [0.2, 0.25) is 0 Å². The molecular weight excluding hydrogens is 240 g/mol. The van der Waals surface area contributed by atoms with E-state index in [9.17, 15) is 4.79 Å². The first-order valence-corrected chi connectivity index (χ1v) is 7.18. The van der Waals surface area contributed by atoms with Crippen molar-refractivity contribution in [2.75, 3.05) is 19.6 Å². The average molecular weight is 264 g/mol. The van der Waals surface area contributed by atoms with Gasteiger partial charge in [0.05, 0.1) is 11.3 Å². The van der Waals surface area contributed by atoms with Crippen LogP contribution in [-0.4, -0.2) is 46.7 Å². The van der Waals surface area contributed by atoms with E-state index in [1.807, 2.05) is 18.7 Å². The number of nitrogens with one attached hydrogen (secondary N) is 2. The minimum atomic E-state index is 0.137. The number of hydrogen-bond donors (Lipinski definition) is 2. The lowest BCUT2D eigenvalue weighted by molar-refractivity contribution is 0.0641. The fourth-order valence-electron chi connectivity index (χ4n) is 2.82. The molecule has 1 aliphatic rings. The first-order chi connectivity index (χ1) is 9.15. The van der Waals surface area contributed by atoms with Crippen molar-refractivity contribution in [3.05, 3.63) is 17.0 Å². The highest BCUT2D eigenvalue weighted by atomic mass is 16.2. The third-order valence-corrected chi connectivity index (χ3v) is 3.82. The van der Waals surface area contributed by atoms with Gasteiger partial charge >= 0.3 is 0 Å². The first-order valence-electron chi connectivity index (χ1n) is 7.18. The Hall–Kier alpha value is -1.36. The summed E-state index contributed by atoms with van der Waals surface area (Å²) in [5.41, 5.74) is 2.43. The van der Waals surface area contributed by atoms with E-state index < -0.39 is 0 Å². The number of carbonyl (C=O) groups excluding carboxylic acids is 1. The molecule has 1 saturated heterocycles. The Labute approximate surface area is 114 Å². The van der Waals surface area contributed by atoms with Crippen LogP contribution < -0.4 is 5.32 Å². The van der Waals surface area contributed by atoms with Crippen molar-refractivity contribution in [1.29, 1.82) is 0 Å². The van der Waals surface area contributed by atoms with Crippen LogP contribution in [-0.2, 0) is 0 Å². The van der Waals surface area contributed by atoms with Crippen LogP contribution in [0.5, 0.6) is 0 Å². The van der Waals surface area contributed by atoms with E-state index in [0.717, 1.165) is 55.8 Å². The summed E-state index contributed by atoms with van der Waals surface area (Å²) in [6.45, 7) is 8.76. The summed E-state index contributed by atoms with van der Waals surface area (Å²) in [5.74, 6) is 0.137. The van der Waals surface area contributed by atoms with Crippen LogP contribution in [0.25, 0.3) is 0 Å². The third kappa shape index (κ3) is 2.97. The van der Waals surface area contributed by atoms with Crippen molar-refractivity contribution in [2.24, 2.45) is 0 Å². The highest BCUT2D eigenvalue weighted by molar-refractivity contribution is 5.96. The van der Waals surface area contributed by atoms with Gasteiger partial charge in [0, 0.05) is 18.3 Å². The van der Waals surface area contributed by atoms with Crippen LogP contribution in [0.4, 0.5) is 0 Å². The van der Waals surface area contributed by atoms with Crippen LogP contribution >= 0.6 is 0 Å². The van der Waals surface area contributed by atoms with Crippen molar-refractivity contribution in [1.82, 2.24) is 20.4 Å². The zero-order valence-corrected chi connectivity index (χ0v) is 12.1. The van der Waals surface area contributed by atoms with Gasteiger partial charge in [0.15, 0.2) is 0 Å². The van der Waals surface area contributed by atoms with Crippen molar-refractivity contribution < 1.29 is 4.79 Å².